The van der Waals surface area contributed by atoms with Crippen LogP contribution in [0.5, 0.6) is 0 Å². The summed E-state index contributed by atoms with van der Waals surface area (Å²) >= 11 is 0. The largest absolute Gasteiger partial charge is 0.341 e. The summed E-state index contributed by atoms with van der Waals surface area (Å²) in [5.74, 6) is 0.350. The molecule has 2 aromatic carbocycles. The summed E-state index contributed by atoms with van der Waals surface area (Å²) in [6.45, 7) is 4.01. The molecule has 4 rings (SSSR count). The lowest BCUT2D eigenvalue weighted by molar-refractivity contribution is -0.130. The van der Waals surface area contributed by atoms with E-state index >= 15 is 0 Å². The van der Waals surface area contributed by atoms with Gasteiger partial charge in [0.2, 0.25) is 5.91 Å². The number of benzene rings is 2. The number of hydrogen-bond acceptors (Lipinski definition) is 2. The molecular formula is C24H30N2O. The van der Waals surface area contributed by atoms with Crippen LogP contribution in [0, 0.1) is 0 Å². The van der Waals surface area contributed by atoms with E-state index in [1.165, 1.54) is 16.7 Å². The number of carbonyl (C=O) groups is 1. The van der Waals surface area contributed by atoms with Crippen molar-refractivity contribution in [2.24, 2.45) is 0 Å². The monoisotopic (exact) mass is 362 g/mol. The van der Waals surface area contributed by atoms with Crippen molar-refractivity contribution in [3.05, 3.63) is 71.3 Å². The molecule has 3 heteroatoms. The first-order chi connectivity index (χ1) is 13.3. The number of aryl methyl sites for hydroxylation is 1. The second-order valence-electron chi connectivity index (χ2n) is 7.96. The van der Waals surface area contributed by atoms with Gasteiger partial charge in [-0.15, -0.1) is 0 Å². The number of unbranched alkanes of at least 4 members (excludes halogenated alkanes) is 1. The quantitative estimate of drug-likeness (QED) is 0.724. The summed E-state index contributed by atoms with van der Waals surface area (Å²) < 4.78 is 0. The van der Waals surface area contributed by atoms with Gasteiger partial charge in [-0.05, 0) is 48.8 Å². The molecule has 1 unspecified atom stereocenters. The molecule has 1 fully saturated rings. The Kier molecular flexibility index (Phi) is 5.88. The minimum atomic E-state index is 0.350. The van der Waals surface area contributed by atoms with Gasteiger partial charge in [-0.3, -0.25) is 9.69 Å². The van der Waals surface area contributed by atoms with Crippen molar-refractivity contribution in [1.29, 1.82) is 0 Å². The van der Waals surface area contributed by atoms with E-state index in [0.717, 1.165) is 58.3 Å². The zero-order chi connectivity index (χ0) is 18.5. The highest BCUT2D eigenvalue weighted by Gasteiger charge is 2.31. The van der Waals surface area contributed by atoms with Crippen molar-refractivity contribution < 1.29 is 4.79 Å². The molecule has 0 saturated carbocycles. The van der Waals surface area contributed by atoms with Crippen LogP contribution < -0.4 is 0 Å². The maximum Gasteiger partial charge on any atom is 0.222 e. The van der Waals surface area contributed by atoms with Gasteiger partial charge in [0.1, 0.15) is 0 Å². The topological polar surface area (TPSA) is 23.6 Å². The molecule has 0 radical (unpaired) electrons. The molecule has 27 heavy (non-hydrogen) atoms. The Hall–Kier alpha value is -2.13. The van der Waals surface area contributed by atoms with Crippen LogP contribution in [-0.2, 0) is 24.2 Å². The van der Waals surface area contributed by atoms with Crippen molar-refractivity contribution in [3.63, 3.8) is 0 Å². The zero-order valence-electron chi connectivity index (χ0n) is 16.1. The van der Waals surface area contributed by atoms with Crippen molar-refractivity contribution in [1.82, 2.24) is 9.80 Å². The second kappa shape index (κ2) is 8.71. The SMILES string of the molecule is O=C(CCCCc1ccccc1)N1CCC(N2CCc3ccccc3C2)C1. The molecule has 0 N–H and O–H groups in total. The summed E-state index contributed by atoms with van der Waals surface area (Å²) in [6.07, 6.45) is 6.12. The van der Waals surface area contributed by atoms with Crippen LogP contribution in [-0.4, -0.2) is 41.4 Å². The number of fused-ring (bicyclic) bond motifs is 1. The fourth-order valence-corrected chi connectivity index (χ4v) is 4.50. The number of likely N-dealkylation sites (tertiary alicyclic amines) is 1. The van der Waals surface area contributed by atoms with Crippen LogP contribution in [0.4, 0.5) is 0 Å². The minimum absolute atomic E-state index is 0.350. The molecule has 142 valence electrons. The number of hydrogen-bond donors (Lipinski definition) is 0. The molecular weight excluding hydrogens is 332 g/mol. The van der Waals surface area contributed by atoms with Crippen LogP contribution >= 0.6 is 0 Å². The Morgan fingerprint density at radius 1 is 0.926 bits per heavy atom. The fraction of sp³-hybridized carbons (Fsp3) is 0.458. The van der Waals surface area contributed by atoms with E-state index in [9.17, 15) is 4.79 Å². The van der Waals surface area contributed by atoms with E-state index in [-0.39, 0.29) is 0 Å². The zero-order valence-corrected chi connectivity index (χ0v) is 16.1. The molecule has 0 bridgehead atoms. The van der Waals surface area contributed by atoms with Gasteiger partial charge in [0.05, 0.1) is 0 Å². The maximum atomic E-state index is 12.6. The summed E-state index contributed by atoms with van der Waals surface area (Å²) in [6, 6.07) is 19.9. The van der Waals surface area contributed by atoms with Crippen molar-refractivity contribution in [3.8, 4) is 0 Å². The van der Waals surface area contributed by atoms with E-state index in [1.807, 2.05) is 0 Å². The van der Waals surface area contributed by atoms with Gasteiger partial charge < -0.3 is 4.90 Å². The predicted molar refractivity (Wildman–Crippen MR) is 110 cm³/mol. The van der Waals surface area contributed by atoms with Gasteiger partial charge in [-0.1, -0.05) is 54.6 Å². The molecule has 2 aromatic rings. The van der Waals surface area contributed by atoms with E-state index in [2.05, 4.69) is 64.4 Å². The van der Waals surface area contributed by atoms with E-state index in [0.29, 0.717) is 18.4 Å². The Morgan fingerprint density at radius 2 is 1.70 bits per heavy atom. The molecule has 3 nitrogen and oxygen atoms in total. The number of nitrogens with zero attached hydrogens (tertiary/aromatic N) is 2. The summed E-state index contributed by atoms with van der Waals surface area (Å²) in [4.78, 5) is 17.3. The van der Waals surface area contributed by atoms with Crippen LogP contribution in [0.3, 0.4) is 0 Å². The lowest BCUT2D eigenvalue weighted by Gasteiger charge is -2.33. The van der Waals surface area contributed by atoms with Crippen LogP contribution in [0.15, 0.2) is 54.6 Å². The van der Waals surface area contributed by atoms with Crippen molar-refractivity contribution in [2.75, 3.05) is 19.6 Å². The summed E-state index contributed by atoms with van der Waals surface area (Å²) in [5.41, 5.74) is 4.34. The Morgan fingerprint density at radius 3 is 2.56 bits per heavy atom. The lowest BCUT2D eigenvalue weighted by atomic mass is 9.98. The van der Waals surface area contributed by atoms with E-state index in [4.69, 9.17) is 0 Å². The third kappa shape index (κ3) is 4.59. The Balaban J connectivity index is 1.21. The molecule has 0 aromatic heterocycles. The highest BCUT2D eigenvalue weighted by atomic mass is 16.2. The molecule has 0 aliphatic carbocycles. The number of amides is 1. The standard InChI is InChI=1S/C24H30N2O/c27-24(13-7-4-10-20-8-2-1-3-9-20)26-17-15-23(19-26)25-16-14-21-11-5-6-12-22(21)18-25/h1-3,5-6,8-9,11-12,23H,4,7,10,13-19H2. The van der Waals surface area contributed by atoms with Crippen LogP contribution in [0.2, 0.25) is 0 Å². The van der Waals surface area contributed by atoms with E-state index < -0.39 is 0 Å². The number of carbonyl (C=O) groups excluding carboxylic acids is 1. The molecule has 1 saturated heterocycles. The Bertz CT molecular complexity index is 758. The predicted octanol–water partition coefficient (Wildman–Crippen LogP) is 4.06. The molecule has 1 atom stereocenters. The summed E-state index contributed by atoms with van der Waals surface area (Å²) in [5, 5.41) is 0. The highest BCUT2D eigenvalue weighted by molar-refractivity contribution is 5.76. The first kappa shape index (κ1) is 18.2. The van der Waals surface area contributed by atoms with Crippen LogP contribution in [0.25, 0.3) is 0 Å². The second-order valence-corrected chi connectivity index (χ2v) is 7.96. The fourth-order valence-electron chi connectivity index (χ4n) is 4.50. The van der Waals surface area contributed by atoms with Crippen molar-refractivity contribution in [2.45, 2.75) is 51.1 Å². The van der Waals surface area contributed by atoms with Gasteiger partial charge >= 0.3 is 0 Å². The van der Waals surface area contributed by atoms with Gasteiger partial charge in [0.15, 0.2) is 0 Å². The third-order valence-electron chi connectivity index (χ3n) is 6.14. The lowest BCUT2D eigenvalue weighted by Crippen LogP contribution is -2.41. The average molecular weight is 363 g/mol. The molecule has 0 spiro atoms. The average Bonchev–Trinajstić information content (AvgIpc) is 3.22. The Labute approximate surface area is 163 Å². The van der Waals surface area contributed by atoms with Gasteiger partial charge in [-0.2, -0.15) is 0 Å². The van der Waals surface area contributed by atoms with Gasteiger partial charge in [0.25, 0.3) is 0 Å². The molecule has 2 aliphatic heterocycles. The summed E-state index contributed by atoms with van der Waals surface area (Å²) in [7, 11) is 0. The number of rotatable bonds is 6. The minimum Gasteiger partial charge on any atom is -0.341 e. The van der Waals surface area contributed by atoms with Gasteiger partial charge in [-0.25, -0.2) is 0 Å². The molecule has 2 heterocycles. The normalized spacial score (nSPS) is 19.9. The first-order valence-corrected chi connectivity index (χ1v) is 10.4. The van der Waals surface area contributed by atoms with Crippen LogP contribution in [0.1, 0.15) is 42.4 Å². The first-order valence-electron chi connectivity index (χ1n) is 10.4. The van der Waals surface area contributed by atoms with Crippen molar-refractivity contribution >= 4 is 5.91 Å². The molecule has 1 amide bonds. The highest BCUT2D eigenvalue weighted by Crippen LogP contribution is 2.25. The smallest absolute Gasteiger partial charge is 0.222 e. The van der Waals surface area contributed by atoms with E-state index in [1.54, 1.807) is 0 Å². The maximum absolute atomic E-state index is 12.6. The van der Waals surface area contributed by atoms with Gasteiger partial charge in [0, 0.05) is 38.6 Å². The third-order valence-corrected chi connectivity index (χ3v) is 6.14. The molecule has 2 aliphatic rings.